The average Bonchev–Trinajstić information content (AvgIpc) is 2.94. The minimum absolute atomic E-state index is 0.0769. The maximum Gasteiger partial charge on any atom is 0.237 e. The van der Waals surface area contributed by atoms with Gasteiger partial charge < -0.3 is 10.6 Å². The number of hydrogen-bond donors (Lipinski definition) is 2. The predicted molar refractivity (Wildman–Crippen MR) is 69.6 cm³/mol. The number of amides is 1. The molecule has 2 aliphatic carbocycles. The Balaban J connectivity index is 1.67. The molecule has 1 amide bonds. The molecule has 3 heteroatoms. The summed E-state index contributed by atoms with van der Waals surface area (Å²) in [4.78, 5) is 11.6. The Kier molecular flexibility index (Phi) is 4.21. The maximum atomic E-state index is 11.6. The van der Waals surface area contributed by atoms with Crippen molar-refractivity contribution < 1.29 is 4.79 Å². The van der Waals surface area contributed by atoms with E-state index in [2.05, 4.69) is 17.2 Å². The van der Waals surface area contributed by atoms with Crippen molar-refractivity contribution in [2.24, 2.45) is 17.8 Å². The smallest absolute Gasteiger partial charge is 0.237 e. The van der Waals surface area contributed by atoms with Gasteiger partial charge in [0.05, 0.1) is 6.04 Å². The van der Waals surface area contributed by atoms with E-state index in [0.29, 0.717) is 6.54 Å². The summed E-state index contributed by atoms with van der Waals surface area (Å²) < 4.78 is 0. The zero-order valence-corrected chi connectivity index (χ0v) is 10.7. The molecule has 3 nitrogen and oxygen atoms in total. The molecule has 17 heavy (non-hydrogen) atoms. The van der Waals surface area contributed by atoms with Gasteiger partial charge in [-0.25, -0.2) is 0 Å². The number of nitrogens with one attached hydrogen (secondary N) is 2. The van der Waals surface area contributed by atoms with E-state index in [1.54, 1.807) is 6.08 Å². The van der Waals surface area contributed by atoms with Crippen LogP contribution in [0.25, 0.3) is 0 Å². The van der Waals surface area contributed by atoms with Gasteiger partial charge in [-0.05, 0) is 50.5 Å². The molecular formula is C14H24N2O. The van der Waals surface area contributed by atoms with E-state index >= 15 is 0 Å². The lowest BCUT2D eigenvalue weighted by molar-refractivity contribution is -0.122. The first-order chi connectivity index (χ1) is 8.20. The van der Waals surface area contributed by atoms with Gasteiger partial charge in [-0.1, -0.05) is 12.5 Å². The molecule has 2 saturated carbocycles. The van der Waals surface area contributed by atoms with E-state index in [9.17, 15) is 4.79 Å². The van der Waals surface area contributed by atoms with Crippen LogP contribution >= 0.6 is 0 Å². The fraction of sp³-hybridized carbons (Fsp3) is 0.786. The summed E-state index contributed by atoms with van der Waals surface area (Å²) in [5, 5.41) is 6.19. The first-order valence-corrected chi connectivity index (χ1v) is 6.82. The second-order valence-electron chi connectivity index (χ2n) is 5.60. The topological polar surface area (TPSA) is 41.1 Å². The van der Waals surface area contributed by atoms with Crippen molar-refractivity contribution in [3.05, 3.63) is 12.7 Å². The van der Waals surface area contributed by atoms with Crippen LogP contribution in [-0.2, 0) is 4.79 Å². The van der Waals surface area contributed by atoms with Crippen LogP contribution in [0.1, 0.15) is 32.6 Å². The van der Waals surface area contributed by atoms with Crippen LogP contribution in [0.2, 0.25) is 0 Å². The van der Waals surface area contributed by atoms with Crippen LogP contribution in [0.3, 0.4) is 0 Å². The van der Waals surface area contributed by atoms with Gasteiger partial charge in [-0.2, -0.15) is 0 Å². The molecule has 96 valence electrons. The van der Waals surface area contributed by atoms with Gasteiger partial charge in [-0.3, -0.25) is 4.79 Å². The van der Waals surface area contributed by atoms with Crippen LogP contribution in [0, 0.1) is 17.8 Å². The van der Waals surface area contributed by atoms with Gasteiger partial charge in [0.1, 0.15) is 0 Å². The number of fused-ring (bicyclic) bond motifs is 2. The summed E-state index contributed by atoms with van der Waals surface area (Å²) in [5.41, 5.74) is 0. The largest absolute Gasteiger partial charge is 0.351 e. The summed E-state index contributed by atoms with van der Waals surface area (Å²) >= 11 is 0. The Morgan fingerprint density at radius 1 is 1.47 bits per heavy atom. The Morgan fingerprint density at radius 3 is 2.88 bits per heavy atom. The van der Waals surface area contributed by atoms with Crippen LogP contribution in [0.4, 0.5) is 0 Å². The molecule has 0 spiro atoms. The van der Waals surface area contributed by atoms with E-state index in [1.165, 1.54) is 25.7 Å². The molecule has 0 aromatic carbocycles. The highest BCUT2D eigenvalue weighted by Crippen LogP contribution is 2.47. The number of carbonyl (C=O) groups is 1. The minimum Gasteiger partial charge on any atom is -0.351 e. The van der Waals surface area contributed by atoms with Crippen molar-refractivity contribution in [1.29, 1.82) is 0 Å². The molecule has 0 radical (unpaired) electrons. The quantitative estimate of drug-likeness (QED) is 0.689. The summed E-state index contributed by atoms with van der Waals surface area (Å²) in [5.74, 6) is 2.80. The van der Waals surface area contributed by atoms with Crippen LogP contribution in [0.5, 0.6) is 0 Å². The molecule has 0 aromatic heterocycles. The molecule has 0 heterocycles. The third-order valence-corrected chi connectivity index (χ3v) is 4.38. The lowest BCUT2D eigenvalue weighted by atomic mass is 9.89. The third kappa shape index (κ3) is 3.09. The molecule has 2 aliphatic rings. The molecule has 0 aliphatic heterocycles. The summed E-state index contributed by atoms with van der Waals surface area (Å²) in [7, 11) is 0. The van der Waals surface area contributed by atoms with Gasteiger partial charge in [0.2, 0.25) is 5.91 Å². The fourth-order valence-electron chi connectivity index (χ4n) is 3.37. The van der Waals surface area contributed by atoms with Gasteiger partial charge in [-0.15, -0.1) is 6.58 Å². The fourth-order valence-corrected chi connectivity index (χ4v) is 3.37. The van der Waals surface area contributed by atoms with Crippen molar-refractivity contribution in [2.75, 3.05) is 13.1 Å². The van der Waals surface area contributed by atoms with Gasteiger partial charge in [0.15, 0.2) is 0 Å². The Labute approximate surface area is 104 Å². The summed E-state index contributed by atoms with van der Waals surface area (Å²) in [6.07, 6.45) is 7.37. The van der Waals surface area contributed by atoms with Crippen molar-refractivity contribution in [3.8, 4) is 0 Å². The SMILES string of the molecule is C=CCNC(=O)C(C)NCC1CC2CCC1C2. The van der Waals surface area contributed by atoms with Crippen LogP contribution in [0.15, 0.2) is 12.7 Å². The highest BCUT2D eigenvalue weighted by Gasteiger charge is 2.39. The first kappa shape index (κ1) is 12.6. The zero-order chi connectivity index (χ0) is 12.3. The summed E-state index contributed by atoms with van der Waals surface area (Å²) in [6.45, 7) is 7.09. The predicted octanol–water partition coefficient (Wildman–Crippen LogP) is 1.70. The van der Waals surface area contributed by atoms with Gasteiger partial charge >= 0.3 is 0 Å². The number of carbonyl (C=O) groups excluding carboxylic acids is 1. The molecule has 4 atom stereocenters. The minimum atomic E-state index is -0.0888. The maximum absolute atomic E-state index is 11.6. The van der Waals surface area contributed by atoms with E-state index in [0.717, 1.165) is 24.3 Å². The molecule has 0 aromatic rings. The third-order valence-electron chi connectivity index (χ3n) is 4.38. The van der Waals surface area contributed by atoms with E-state index in [1.807, 2.05) is 6.92 Å². The molecule has 2 fully saturated rings. The lowest BCUT2D eigenvalue weighted by Crippen LogP contribution is -2.44. The highest BCUT2D eigenvalue weighted by atomic mass is 16.2. The van der Waals surface area contributed by atoms with Crippen LogP contribution in [-0.4, -0.2) is 25.0 Å². The van der Waals surface area contributed by atoms with Crippen LogP contribution < -0.4 is 10.6 Å². The number of hydrogen-bond acceptors (Lipinski definition) is 2. The Hall–Kier alpha value is -0.830. The van der Waals surface area contributed by atoms with Crippen molar-refractivity contribution in [2.45, 2.75) is 38.6 Å². The monoisotopic (exact) mass is 236 g/mol. The Morgan fingerprint density at radius 2 is 2.29 bits per heavy atom. The first-order valence-electron chi connectivity index (χ1n) is 6.82. The molecule has 0 saturated heterocycles. The molecule has 4 unspecified atom stereocenters. The standard InChI is InChI=1S/C14H24N2O/c1-3-6-15-14(17)10(2)16-9-13-8-11-4-5-12(13)7-11/h3,10-13,16H,1,4-9H2,2H3,(H,15,17). The molecule has 2 rings (SSSR count). The second kappa shape index (κ2) is 5.67. The van der Waals surface area contributed by atoms with Gasteiger partial charge in [0.25, 0.3) is 0 Å². The van der Waals surface area contributed by atoms with E-state index in [-0.39, 0.29) is 11.9 Å². The van der Waals surface area contributed by atoms with E-state index in [4.69, 9.17) is 0 Å². The van der Waals surface area contributed by atoms with Crippen molar-refractivity contribution in [1.82, 2.24) is 10.6 Å². The number of rotatable bonds is 6. The average molecular weight is 236 g/mol. The second-order valence-corrected chi connectivity index (χ2v) is 5.60. The lowest BCUT2D eigenvalue weighted by Gasteiger charge is -2.23. The van der Waals surface area contributed by atoms with Gasteiger partial charge in [0, 0.05) is 6.54 Å². The van der Waals surface area contributed by atoms with E-state index < -0.39 is 0 Å². The molecular weight excluding hydrogens is 212 g/mol. The van der Waals surface area contributed by atoms with Crippen molar-refractivity contribution in [3.63, 3.8) is 0 Å². The summed E-state index contributed by atoms with van der Waals surface area (Å²) in [6, 6.07) is -0.0888. The highest BCUT2D eigenvalue weighted by molar-refractivity contribution is 5.81. The normalized spacial score (nSPS) is 32.4. The zero-order valence-electron chi connectivity index (χ0n) is 10.7. The van der Waals surface area contributed by atoms with Crippen molar-refractivity contribution >= 4 is 5.91 Å². The molecule has 2 N–H and O–H groups in total. The Bertz CT molecular complexity index is 290. The molecule has 2 bridgehead atoms.